The normalized spacial score (nSPS) is 10.7. The molecule has 0 aliphatic heterocycles. The van der Waals surface area contributed by atoms with E-state index in [0.29, 0.717) is 36.5 Å². The van der Waals surface area contributed by atoms with E-state index in [0.717, 1.165) is 0 Å². The van der Waals surface area contributed by atoms with Gasteiger partial charge in [0.15, 0.2) is 6.61 Å². The molecular weight excluding hydrogens is 497 g/mol. The smallest absolute Gasteiger partial charge is 0.266 e. The molecule has 136 valence electrons. The largest absolute Gasteiger partial charge is 0.476 e. The van der Waals surface area contributed by atoms with Crippen LogP contribution in [0.3, 0.4) is 0 Å². The molecule has 0 unspecified atom stereocenters. The molecule has 2 rings (SSSR count). The lowest BCUT2D eigenvalue weighted by Crippen LogP contribution is -2.14. The predicted octanol–water partition coefficient (Wildman–Crippen LogP) is 5.62. The Morgan fingerprint density at radius 3 is 2.56 bits per heavy atom. The van der Waals surface area contributed by atoms with Crippen molar-refractivity contribution in [2.75, 3.05) is 11.9 Å². The molecule has 0 aliphatic rings. The Balaban J connectivity index is 2.30. The van der Waals surface area contributed by atoms with Crippen LogP contribution in [0.2, 0.25) is 5.02 Å². The molecular formula is C19H12Br2ClN3O2. The molecule has 2 aromatic carbocycles. The van der Waals surface area contributed by atoms with Gasteiger partial charge in [-0.3, -0.25) is 4.79 Å². The average Bonchev–Trinajstić information content (AvgIpc) is 2.62. The predicted molar refractivity (Wildman–Crippen MR) is 111 cm³/mol. The van der Waals surface area contributed by atoms with Crippen LogP contribution in [0.1, 0.15) is 11.1 Å². The maximum absolute atomic E-state index is 12.5. The fraction of sp³-hybridized carbons (Fsp3) is 0.105. The van der Waals surface area contributed by atoms with E-state index in [1.165, 1.54) is 6.08 Å². The molecule has 0 radical (unpaired) electrons. The van der Waals surface area contributed by atoms with Crippen molar-refractivity contribution in [2.45, 2.75) is 6.92 Å². The van der Waals surface area contributed by atoms with Crippen LogP contribution in [0, 0.1) is 29.6 Å². The van der Waals surface area contributed by atoms with Gasteiger partial charge < -0.3 is 10.1 Å². The van der Waals surface area contributed by atoms with Crippen molar-refractivity contribution in [1.82, 2.24) is 0 Å². The van der Waals surface area contributed by atoms with Gasteiger partial charge in [-0.2, -0.15) is 10.5 Å². The van der Waals surface area contributed by atoms with E-state index < -0.39 is 5.91 Å². The third kappa shape index (κ3) is 5.33. The molecule has 0 aromatic heterocycles. The summed E-state index contributed by atoms with van der Waals surface area (Å²) in [6.45, 7) is 1.68. The zero-order chi connectivity index (χ0) is 20.0. The highest BCUT2D eigenvalue weighted by molar-refractivity contribution is 9.11. The first-order chi connectivity index (χ1) is 12.9. The van der Waals surface area contributed by atoms with Crippen LogP contribution < -0.4 is 10.1 Å². The van der Waals surface area contributed by atoms with E-state index in [1.54, 1.807) is 37.3 Å². The van der Waals surface area contributed by atoms with Crippen LogP contribution in [0.15, 0.2) is 44.9 Å². The Kier molecular flexibility index (Phi) is 7.44. The number of carbonyl (C=O) groups is 1. The number of amides is 1. The maximum Gasteiger partial charge on any atom is 0.266 e. The van der Waals surface area contributed by atoms with Gasteiger partial charge in [0.1, 0.15) is 23.5 Å². The second kappa shape index (κ2) is 9.57. The van der Waals surface area contributed by atoms with Crippen molar-refractivity contribution >= 4 is 61.1 Å². The van der Waals surface area contributed by atoms with Crippen molar-refractivity contribution in [3.63, 3.8) is 0 Å². The summed E-state index contributed by atoms with van der Waals surface area (Å²) >= 11 is 12.8. The third-order valence-electron chi connectivity index (χ3n) is 3.49. The number of benzene rings is 2. The Hall–Kier alpha value is -2.32. The van der Waals surface area contributed by atoms with Gasteiger partial charge in [0, 0.05) is 10.7 Å². The first kappa shape index (κ1) is 21.0. The molecule has 0 saturated carbocycles. The fourth-order valence-corrected chi connectivity index (χ4v) is 3.78. The summed E-state index contributed by atoms with van der Waals surface area (Å²) in [7, 11) is 0. The van der Waals surface area contributed by atoms with Gasteiger partial charge in [0.05, 0.1) is 8.95 Å². The van der Waals surface area contributed by atoms with Crippen molar-refractivity contribution in [3.8, 4) is 17.9 Å². The maximum atomic E-state index is 12.5. The van der Waals surface area contributed by atoms with Crippen LogP contribution in [-0.4, -0.2) is 12.5 Å². The van der Waals surface area contributed by atoms with Gasteiger partial charge in [0.25, 0.3) is 5.91 Å². The number of nitrogens with zero attached hydrogens (tertiary/aromatic N) is 2. The highest BCUT2D eigenvalue weighted by atomic mass is 79.9. The van der Waals surface area contributed by atoms with Crippen molar-refractivity contribution in [1.29, 1.82) is 10.5 Å². The van der Waals surface area contributed by atoms with E-state index in [9.17, 15) is 10.1 Å². The van der Waals surface area contributed by atoms with Crippen molar-refractivity contribution in [2.24, 2.45) is 0 Å². The van der Waals surface area contributed by atoms with Crippen molar-refractivity contribution in [3.05, 3.63) is 61.0 Å². The van der Waals surface area contributed by atoms with Crippen molar-refractivity contribution < 1.29 is 9.53 Å². The highest BCUT2D eigenvalue weighted by Gasteiger charge is 2.14. The van der Waals surface area contributed by atoms with E-state index in [2.05, 4.69) is 37.2 Å². The topological polar surface area (TPSA) is 85.9 Å². The molecule has 0 heterocycles. The molecule has 0 fully saturated rings. The molecule has 0 saturated heterocycles. The van der Waals surface area contributed by atoms with Crippen LogP contribution >= 0.6 is 43.5 Å². The quantitative estimate of drug-likeness (QED) is 0.419. The first-order valence-electron chi connectivity index (χ1n) is 7.54. The molecule has 0 spiro atoms. The minimum Gasteiger partial charge on any atom is -0.476 e. The van der Waals surface area contributed by atoms with E-state index in [4.69, 9.17) is 21.6 Å². The van der Waals surface area contributed by atoms with Gasteiger partial charge in [-0.25, -0.2) is 0 Å². The number of rotatable bonds is 5. The summed E-state index contributed by atoms with van der Waals surface area (Å²) in [5, 5.41) is 21.2. The zero-order valence-electron chi connectivity index (χ0n) is 14.0. The number of halogens is 3. The Labute approximate surface area is 178 Å². The lowest BCUT2D eigenvalue weighted by Gasteiger charge is -2.10. The fourth-order valence-electron chi connectivity index (χ4n) is 2.15. The van der Waals surface area contributed by atoms with Crippen LogP contribution in [0.4, 0.5) is 5.69 Å². The summed E-state index contributed by atoms with van der Waals surface area (Å²) in [4.78, 5) is 12.5. The standard InChI is InChI=1S/C19H12Br2ClN3O2/c1-11-16(22)3-2-4-17(11)25-19(26)13(10-24)7-12-8-14(20)18(15(21)9-12)27-6-5-23/h2-4,7-9H,6H2,1H3,(H,25,26)/b13-7-. The summed E-state index contributed by atoms with van der Waals surface area (Å²) < 4.78 is 6.49. The van der Waals surface area contributed by atoms with Gasteiger partial charge in [0.2, 0.25) is 0 Å². The molecule has 1 amide bonds. The lowest BCUT2D eigenvalue weighted by molar-refractivity contribution is -0.112. The second-order valence-electron chi connectivity index (χ2n) is 5.30. The Morgan fingerprint density at radius 1 is 1.30 bits per heavy atom. The second-order valence-corrected chi connectivity index (χ2v) is 7.41. The lowest BCUT2D eigenvalue weighted by atomic mass is 10.1. The molecule has 1 N–H and O–H groups in total. The summed E-state index contributed by atoms with van der Waals surface area (Å²) in [5.74, 6) is -0.0777. The van der Waals surface area contributed by atoms with Crippen LogP contribution in [0.25, 0.3) is 6.08 Å². The summed E-state index contributed by atoms with van der Waals surface area (Å²) in [5.41, 5.74) is 1.79. The van der Waals surface area contributed by atoms with E-state index in [-0.39, 0.29) is 12.2 Å². The zero-order valence-corrected chi connectivity index (χ0v) is 17.9. The molecule has 8 heteroatoms. The minimum absolute atomic E-state index is 0.0705. The molecule has 0 bridgehead atoms. The SMILES string of the molecule is Cc1c(Cl)cccc1NC(=O)/C(C#N)=C\c1cc(Br)c(OCC#N)c(Br)c1. The first-order valence-corrected chi connectivity index (χ1v) is 9.50. The van der Waals surface area contributed by atoms with Gasteiger partial charge >= 0.3 is 0 Å². The number of nitriles is 2. The molecule has 27 heavy (non-hydrogen) atoms. The number of hydrogen-bond acceptors (Lipinski definition) is 4. The Bertz CT molecular complexity index is 984. The molecule has 5 nitrogen and oxygen atoms in total. The monoisotopic (exact) mass is 507 g/mol. The number of nitrogens with one attached hydrogen (secondary N) is 1. The van der Waals surface area contributed by atoms with E-state index in [1.807, 2.05) is 12.1 Å². The van der Waals surface area contributed by atoms with Crippen LogP contribution in [-0.2, 0) is 4.79 Å². The number of anilines is 1. The molecule has 0 atom stereocenters. The van der Waals surface area contributed by atoms with Crippen LogP contribution in [0.5, 0.6) is 5.75 Å². The van der Waals surface area contributed by atoms with Gasteiger partial charge in [-0.05, 0) is 80.3 Å². The Morgan fingerprint density at radius 2 is 1.96 bits per heavy atom. The van der Waals surface area contributed by atoms with E-state index >= 15 is 0 Å². The average molecular weight is 510 g/mol. The van der Waals surface area contributed by atoms with Gasteiger partial charge in [-0.15, -0.1) is 0 Å². The summed E-state index contributed by atoms with van der Waals surface area (Å²) in [6.07, 6.45) is 1.46. The highest BCUT2D eigenvalue weighted by Crippen LogP contribution is 2.35. The minimum atomic E-state index is -0.542. The molecule has 2 aromatic rings. The van der Waals surface area contributed by atoms with Gasteiger partial charge in [-0.1, -0.05) is 17.7 Å². The third-order valence-corrected chi connectivity index (χ3v) is 5.08. The summed E-state index contributed by atoms with van der Waals surface area (Å²) in [6, 6.07) is 12.3. The molecule has 0 aliphatic carbocycles. The number of ether oxygens (including phenoxy) is 1. The number of hydrogen-bond donors (Lipinski definition) is 1. The number of carbonyl (C=O) groups excluding carboxylic acids is 1.